The molecule has 0 fully saturated rings. The second kappa shape index (κ2) is 9.11. The van der Waals surface area contributed by atoms with E-state index < -0.39 is 0 Å². The maximum Gasteiger partial charge on any atom is 0.314 e. The molecule has 0 aromatic carbocycles. The molecule has 4 heteroatoms. The predicted octanol–water partition coefficient (Wildman–Crippen LogP) is 4.07. The van der Waals surface area contributed by atoms with Gasteiger partial charge in [0, 0.05) is 11.4 Å². The Morgan fingerprint density at radius 3 is 2.86 bits per heavy atom. The number of thiophene rings is 1. The van der Waals surface area contributed by atoms with E-state index in [9.17, 15) is 4.79 Å². The van der Waals surface area contributed by atoms with Gasteiger partial charge in [-0.3, -0.25) is 4.79 Å². The van der Waals surface area contributed by atoms with Gasteiger partial charge in [0.15, 0.2) is 0 Å². The monoisotopic (exact) mass is 321 g/mol. The highest BCUT2D eigenvalue weighted by Gasteiger charge is 2.31. The van der Waals surface area contributed by atoms with Gasteiger partial charge in [-0.05, 0) is 49.7 Å². The van der Waals surface area contributed by atoms with Gasteiger partial charge in [0.1, 0.15) is 6.61 Å². The van der Waals surface area contributed by atoms with Crippen LogP contribution in [-0.2, 0) is 9.53 Å². The third-order valence-electron chi connectivity index (χ3n) is 4.37. The summed E-state index contributed by atoms with van der Waals surface area (Å²) in [4.78, 5) is 16.0. The van der Waals surface area contributed by atoms with Crippen LogP contribution in [0.1, 0.15) is 43.9 Å². The molecule has 0 spiro atoms. The predicted molar refractivity (Wildman–Crippen MR) is 92.3 cm³/mol. The lowest BCUT2D eigenvalue weighted by molar-refractivity contribution is -0.147. The Kier molecular flexibility index (Phi) is 7.13. The quantitative estimate of drug-likeness (QED) is 0.534. The SMILES string of the molecule is CCN(CC)CCOC(=O)[C@@H](c1cccs1)[C@H]1C=CCCC1. The van der Waals surface area contributed by atoms with Gasteiger partial charge in [-0.2, -0.15) is 0 Å². The molecule has 1 heterocycles. The van der Waals surface area contributed by atoms with E-state index in [1.165, 1.54) is 0 Å². The normalized spacial score (nSPS) is 19.3. The number of nitrogens with zero attached hydrogens (tertiary/aromatic N) is 1. The zero-order chi connectivity index (χ0) is 15.8. The number of carbonyl (C=O) groups is 1. The molecule has 2 atom stereocenters. The molecule has 122 valence electrons. The van der Waals surface area contributed by atoms with E-state index in [2.05, 4.69) is 37.0 Å². The van der Waals surface area contributed by atoms with Gasteiger partial charge in [0.2, 0.25) is 0 Å². The Bertz CT molecular complexity index is 465. The van der Waals surface area contributed by atoms with Crippen LogP contribution in [-0.4, -0.2) is 37.1 Å². The number of likely N-dealkylation sites (N-methyl/N-ethyl adjacent to an activating group) is 1. The molecule has 1 aliphatic carbocycles. The van der Waals surface area contributed by atoms with E-state index >= 15 is 0 Å². The Hall–Kier alpha value is -1.13. The van der Waals surface area contributed by atoms with Crippen LogP contribution in [0.15, 0.2) is 29.7 Å². The molecule has 0 amide bonds. The van der Waals surface area contributed by atoms with Crippen molar-refractivity contribution in [3.8, 4) is 0 Å². The molecule has 0 aliphatic heterocycles. The molecule has 2 rings (SSSR count). The molecule has 0 bridgehead atoms. The molecular weight excluding hydrogens is 294 g/mol. The van der Waals surface area contributed by atoms with Crippen molar-refractivity contribution >= 4 is 17.3 Å². The van der Waals surface area contributed by atoms with Crippen molar-refractivity contribution in [1.29, 1.82) is 0 Å². The minimum absolute atomic E-state index is 0.0637. The minimum atomic E-state index is -0.131. The number of carbonyl (C=O) groups excluding carboxylic acids is 1. The summed E-state index contributed by atoms with van der Waals surface area (Å²) in [7, 11) is 0. The molecule has 1 aliphatic rings. The van der Waals surface area contributed by atoms with Crippen LogP contribution in [0.25, 0.3) is 0 Å². The lowest BCUT2D eigenvalue weighted by atomic mass is 9.83. The third kappa shape index (κ3) is 4.68. The first-order chi connectivity index (χ1) is 10.8. The molecule has 1 aromatic heterocycles. The fourth-order valence-corrected chi connectivity index (χ4v) is 3.88. The van der Waals surface area contributed by atoms with Gasteiger partial charge in [-0.25, -0.2) is 0 Å². The van der Waals surface area contributed by atoms with E-state index in [-0.39, 0.29) is 17.8 Å². The largest absolute Gasteiger partial charge is 0.464 e. The fourth-order valence-electron chi connectivity index (χ4n) is 2.99. The van der Waals surface area contributed by atoms with Crippen molar-refractivity contribution in [2.45, 2.75) is 39.0 Å². The summed E-state index contributed by atoms with van der Waals surface area (Å²) in [6.07, 6.45) is 7.78. The average molecular weight is 321 g/mol. The lowest BCUT2D eigenvalue weighted by Crippen LogP contribution is -2.30. The maximum absolute atomic E-state index is 12.6. The van der Waals surface area contributed by atoms with E-state index in [0.29, 0.717) is 6.61 Å². The van der Waals surface area contributed by atoms with Crippen LogP contribution in [0.2, 0.25) is 0 Å². The van der Waals surface area contributed by atoms with Crippen LogP contribution in [0.3, 0.4) is 0 Å². The molecule has 0 N–H and O–H groups in total. The molecule has 0 saturated carbocycles. The zero-order valence-electron chi connectivity index (χ0n) is 13.7. The zero-order valence-corrected chi connectivity index (χ0v) is 14.5. The maximum atomic E-state index is 12.6. The second-order valence-corrected chi connectivity index (χ2v) is 6.69. The number of esters is 1. The Labute approximate surface area is 138 Å². The van der Waals surface area contributed by atoms with Crippen molar-refractivity contribution in [3.63, 3.8) is 0 Å². The first kappa shape index (κ1) is 17.2. The first-order valence-corrected chi connectivity index (χ1v) is 9.23. The van der Waals surface area contributed by atoms with E-state index in [0.717, 1.165) is 43.8 Å². The standard InChI is InChI=1S/C18H27NO2S/c1-3-19(4-2)12-13-21-18(20)17(16-11-8-14-22-16)15-9-6-5-7-10-15/h6,8-9,11,14-15,17H,3-5,7,10,12-13H2,1-2H3/t15-,17+/m0/s1. The molecule has 0 radical (unpaired) electrons. The Balaban J connectivity index is 1.97. The fraction of sp³-hybridized carbons (Fsp3) is 0.611. The smallest absolute Gasteiger partial charge is 0.314 e. The number of rotatable bonds is 8. The summed E-state index contributed by atoms with van der Waals surface area (Å²) in [6, 6.07) is 4.08. The van der Waals surface area contributed by atoms with Crippen molar-refractivity contribution in [3.05, 3.63) is 34.5 Å². The van der Waals surface area contributed by atoms with Gasteiger partial charge in [-0.15, -0.1) is 11.3 Å². The van der Waals surface area contributed by atoms with Gasteiger partial charge in [-0.1, -0.05) is 32.1 Å². The van der Waals surface area contributed by atoms with E-state index in [1.54, 1.807) is 11.3 Å². The van der Waals surface area contributed by atoms with Crippen LogP contribution in [0.4, 0.5) is 0 Å². The summed E-state index contributed by atoms with van der Waals surface area (Å²) in [5, 5.41) is 2.04. The summed E-state index contributed by atoms with van der Waals surface area (Å²) in [6.45, 7) is 7.55. The van der Waals surface area contributed by atoms with Crippen LogP contribution < -0.4 is 0 Å². The molecule has 0 saturated heterocycles. The molecule has 22 heavy (non-hydrogen) atoms. The highest BCUT2D eigenvalue weighted by Crippen LogP contribution is 2.35. The van der Waals surface area contributed by atoms with Crippen molar-refractivity contribution in [1.82, 2.24) is 4.90 Å². The average Bonchev–Trinajstić information content (AvgIpc) is 3.07. The molecule has 1 aromatic rings. The first-order valence-electron chi connectivity index (χ1n) is 8.35. The van der Waals surface area contributed by atoms with Crippen molar-refractivity contribution in [2.24, 2.45) is 5.92 Å². The third-order valence-corrected chi connectivity index (χ3v) is 5.32. The Morgan fingerprint density at radius 1 is 1.45 bits per heavy atom. The summed E-state index contributed by atoms with van der Waals surface area (Å²) in [5.74, 6) is 0.0905. The van der Waals surface area contributed by atoms with Crippen molar-refractivity contribution in [2.75, 3.05) is 26.2 Å². The van der Waals surface area contributed by atoms with Crippen molar-refractivity contribution < 1.29 is 9.53 Å². The summed E-state index contributed by atoms with van der Waals surface area (Å²) in [5.41, 5.74) is 0. The van der Waals surface area contributed by atoms with Gasteiger partial charge in [0.05, 0.1) is 5.92 Å². The summed E-state index contributed by atoms with van der Waals surface area (Å²) >= 11 is 1.66. The minimum Gasteiger partial charge on any atom is -0.464 e. The van der Waals surface area contributed by atoms with E-state index in [4.69, 9.17) is 4.74 Å². The van der Waals surface area contributed by atoms with Crippen LogP contribution in [0.5, 0.6) is 0 Å². The summed E-state index contributed by atoms with van der Waals surface area (Å²) < 4.78 is 5.61. The van der Waals surface area contributed by atoms with Gasteiger partial charge < -0.3 is 9.64 Å². The van der Waals surface area contributed by atoms with Crippen LogP contribution in [0, 0.1) is 5.92 Å². The highest BCUT2D eigenvalue weighted by atomic mass is 32.1. The van der Waals surface area contributed by atoms with E-state index in [1.807, 2.05) is 11.4 Å². The topological polar surface area (TPSA) is 29.5 Å². The molecule has 3 nitrogen and oxygen atoms in total. The highest BCUT2D eigenvalue weighted by molar-refractivity contribution is 7.10. The lowest BCUT2D eigenvalue weighted by Gasteiger charge is -2.25. The number of hydrogen-bond donors (Lipinski definition) is 0. The Morgan fingerprint density at radius 2 is 2.27 bits per heavy atom. The number of hydrogen-bond acceptors (Lipinski definition) is 4. The van der Waals surface area contributed by atoms with Gasteiger partial charge in [0.25, 0.3) is 0 Å². The number of allylic oxidation sites excluding steroid dienone is 2. The second-order valence-electron chi connectivity index (χ2n) is 5.71. The molecular formula is C18H27NO2S. The van der Waals surface area contributed by atoms with Gasteiger partial charge >= 0.3 is 5.97 Å². The van der Waals surface area contributed by atoms with Crippen LogP contribution >= 0.6 is 11.3 Å². The number of ether oxygens (including phenoxy) is 1. The molecule has 0 unspecified atom stereocenters.